The van der Waals surface area contributed by atoms with E-state index in [4.69, 9.17) is 10.8 Å². The number of unbranched alkanes of at least 4 members (excludes halogenated alkanes) is 1. The fourth-order valence-corrected chi connectivity index (χ4v) is 5.94. The zero-order chi connectivity index (χ0) is 22.1. The number of hydrogen-bond acceptors (Lipinski definition) is 3. The first-order chi connectivity index (χ1) is 14.0. The summed E-state index contributed by atoms with van der Waals surface area (Å²) in [5.41, 5.74) is 5.19. The van der Waals surface area contributed by atoms with Gasteiger partial charge in [0, 0.05) is 5.54 Å². The summed E-state index contributed by atoms with van der Waals surface area (Å²) < 4.78 is 37.8. The molecule has 4 N–H and O–H groups in total. The first-order valence-electron chi connectivity index (χ1n) is 10.9. The molecule has 4 aliphatic rings. The molecule has 4 bridgehead atoms. The lowest BCUT2D eigenvalue weighted by atomic mass is 9.53. The van der Waals surface area contributed by atoms with Crippen LogP contribution in [0, 0.1) is 17.8 Å². The summed E-state index contributed by atoms with van der Waals surface area (Å²) in [6, 6.07) is 2.30. The maximum absolute atomic E-state index is 12.6. The maximum Gasteiger partial charge on any atom is 0.416 e. The summed E-state index contributed by atoms with van der Waals surface area (Å²) in [5, 5.41) is 18.8. The van der Waals surface area contributed by atoms with Crippen LogP contribution in [-0.2, 0) is 6.18 Å². The highest BCUT2D eigenvalue weighted by molar-refractivity contribution is 5.89. The SMILES string of the molecule is CCCCC(O)c1cc(C(F)(F)F)ccc1C(=O)O.NC12CC3CC(CC(C3)C1)C2. The second kappa shape index (κ2) is 8.87. The Morgan fingerprint density at radius 2 is 1.70 bits per heavy atom. The van der Waals surface area contributed by atoms with Crippen molar-refractivity contribution >= 4 is 5.97 Å². The van der Waals surface area contributed by atoms with Crippen molar-refractivity contribution < 1.29 is 28.2 Å². The smallest absolute Gasteiger partial charge is 0.416 e. The van der Waals surface area contributed by atoms with E-state index in [9.17, 15) is 23.1 Å². The Balaban J connectivity index is 0.000000193. The number of nitrogens with two attached hydrogens (primary N) is 1. The number of aliphatic hydroxyl groups is 1. The largest absolute Gasteiger partial charge is 0.478 e. The molecule has 5 rings (SSSR count). The van der Waals surface area contributed by atoms with Gasteiger partial charge in [-0.25, -0.2) is 4.79 Å². The van der Waals surface area contributed by atoms with Gasteiger partial charge in [-0.1, -0.05) is 19.8 Å². The number of hydrogen-bond donors (Lipinski definition) is 3. The molecule has 30 heavy (non-hydrogen) atoms. The minimum absolute atomic E-state index is 0.184. The Morgan fingerprint density at radius 3 is 2.10 bits per heavy atom. The molecule has 4 nitrogen and oxygen atoms in total. The van der Waals surface area contributed by atoms with E-state index in [1.165, 1.54) is 38.5 Å². The van der Waals surface area contributed by atoms with Gasteiger partial charge in [0.15, 0.2) is 0 Å². The average Bonchev–Trinajstić information content (AvgIpc) is 2.63. The quantitative estimate of drug-likeness (QED) is 0.576. The summed E-state index contributed by atoms with van der Waals surface area (Å²) in [5.74, 6) is 1.71. The van der Waals surface area contributed by atoms with Crippen molar-refractivity contribution in [1.29, 1.82) is 0 Å². The molecule has 0 spiro atoms. The minimum atomic E-state index is -4.56. The lowest BCUT2D eigenvalue weighted by Gasteiger charge is -2.55. The number of aliphatic hydroxyl groups excluding tert-OH is 1. The predicted molar refractivity (Wildman–Crippen MR) is 108 cm³/mol. The molecule has 0 heterocycles. The zero-order valence-corrected chi connectivity index (χ0v) is 17.4. The van der Waals surface area contributed by atoms with Gasteiger partial charge >= 0.3 is 12.1 Å². The molecule has 0 aromatic heterocycles. The van der Waals surface area contributed by atoms with E-state index in [0.29, 0.717) is 24.1 Å². The van der Waals surface area contributed by atoms with Crippen LogP contribution in [0.15, 0.2) is 18.2 Å². The minimum Gasteiger partial charge on any atom is -0.478 e. The topological polar surface area (TPSA) is 83.5 Å². The van der Waals surface area contributed by atoms with Gasteiger partial charge < -0.3 is 15.9 Å². The Bertz CT molecular complexity index is 727. The van der Waals surface area contributed by atoms with Crippen LogP contribution in [0.5, 0.6) is 0 Å². The highest BCUT2D eigenvalue weighted by Crippen LogP contribution is 2.54. The summed E-state index contributed by atoms with van der Waals surface area (Å²) in [7, 11) is 0. The third kappa shape index (κ3) is 5.35. The third-order valence-corrected chi connectivity index (χ3v) is 6.89. The van der Waals surface area contributed by atoms with Crippen LogP contribution in [-0.4, -0.2) is 21.7 Å². The fourth-order valence-electron chi connectivity index (χ4n) is 5.94. The predicted octanol–water partition coefficient (Wildman–Crippen LogP) is 5.54. The van der Waals surface area contributed by atoms with Crippen molar-refractivity contribution in [2.24, 2.45) is 23.5 Å². The van der Waals surface area contributed by atoms with Gasteiger partial charge in [-0.05, 0) is 86.5 Å². The second-order valence-corrected chi connectivity index (χ2v) is 9.54. The number of alkyl halides is 3. The number of aromatic carboxylic acids is 1. The van der Waals surface area contributed by atoms with Gasteiger partial charge in [-0.3, -0.25) is 0 Å². The molecule has 168 valence electrons. The van der Waals surface area contributed by atoms with Crippen molar-refractivity contribution in [2.75, 3.05) is 0 Å². The second-order valence-electron chi connectivity index (χ2n) is 9.54. The molecule has 4 saturated carbocycles. The highest BCUT2D eigenvalue weighted by Gasteiger charge is 2.48. The van der Waals surface area contributed by atoms with E-state index in [-0.39, 0.29) is 17.5 Å². The molecule has 0 aliphatic heterocycles. The highest BCUT2D eigenvalue weighted by atomic mass is 19.4. The number of benzene rings is 1. The molecule has 1 aromatic rings. The van der Waals surface area contributed by atoms with Crippen molar-refractivity contribution in [3.05, 3.63) is 34.9 Å². The lowest BCUT2D eigenvalue weighted by Crippen LogP contribution is -2.55. The molecule has 7 heteroatoms. The number of rotatable bonds is 5. The molecule has 1 atom stereocenters. The van der Waals surface area contributed by atoms with Gasteiger partial charge in [-0.2, -0.15) is 13.2 Å². The number of carbonyl (C=O) groups is 1. The van der Waals surface area contributed by atoms with Gasteiger partial charge in [-0.15, -0.1) is 0 Å². The summed E-state index contributed by atoms with van der Waals surface area (Å²) in [4.78, 5) is 11.0. The maximum atomic E-state index is 12.6. The van der Waals surface area contributed by atoms with Gasteiger partial charge in [0.25, 0.3) is 0 Å². The fraction of sp³-hybridized carbons (Fsp3) is 0.696. The van der Waals surface area contributed by atoms with Crippen LogP contribution in [0.4, 0.5) is 13.2 Å². The monoisotopic (exact) mass is 427 g/mol. The first-order valence-corrected chi connectivity index (χ1v) is 10.9. The van der Waals surface area contributed by atoms with E-state index < -0.39 is 23.8 Å². The van der Waals surface area contributed by atoms with E-state index in [1.807, 2.05) is 6.92 Å². The number of carboxylic acids is 1. The van der Waals surface area contributed by atoms with Crippen LogP contribution in [0.1, 0.15) is 92.3 Å². The Morgan fingerprint density at radius 1 is 1.17 bits per heavy atom. The van der Waals surface area contributed by atoms with Gasteiger partial charge in [0.2, 0.25) is 0 Å². The van der Waals surface area contributed by atoms with Crippen molar-refractivity contribution in [3.8, 4) is 0 Å². The van der Waals surface area contributed by atoms with Gasteiger partial charge in [0.05, 0.1) is 17.2 Å². The number of halogens is 3. The Kier molecular flexibility index (Phi) is 6.82. The van der Waals surface area contributed by atoms with Crippen LogP contribution in [0.2, 0.25) is 0 Å². The van der Waals surface area contributed by atoms with Crippen LogP contribution in [0.25, 0.3) is 0 Å². The van der Waals surface area contributed by atoms with E-state index in [2.05, 4.69) is 0 Å². The van der Waals surface area contributed by atoms with Crippen LogP contribution < -0.4 is 5.73 Å². The Hall–Kier alpha value is -1.60. The van der Waals surface area contributed by atoms with Crippen molar-refractivity contribution in [1.82, 2.24) is 0 Å². The molecule has 0 saturated heterocycles. The Labute approximate surface area is 175 Å². The van der Waals surface area contributed by atoms with Crippen molar-refractivity contribution in [3.63, 3.8) is 0 Å². The van der Waals surface area contributed by atoms with Crippen LogP contribution in [0.3, 0.4) is 0 Å². The van der Waals surface area contributed by atoms with Gasteiger partial charge in [0.1, 0.15) is 0 Å². The first kappa shape index (κ1) is 23.1. The standard InChI is InChI=1S/C13H15F3O3.C10H17N/c1-2-3-4-11(17)10-7-8(13(14,15)16)5-6-9(10)12(18)19;11-10-4-7-1-8(5-10)3-9(2-7)6-10/h5-7,11,17H,2-4H2,1H3,(H,18,19);7-9H,1-6,11H2. The molecule has 0 amide bonds. The van der Waals surface area contributed by atoms with E-state index >= 15 is 0 Å². The number of carboxylic acid groups (broad SMARTS) is 1. The van der Waals surface area contributed by atoms with E-state index in [0.717, 1.165) is 30.2 Å². The molecule has 4 fully saturated rings. The molecular formula is C23H32F3NO3. The zero-order valence-electron chi connectivity index (χ0n) is 17.4. The molecule has 1 aromatic carbocycles. The summed E-state index contributed by atoms with van der Waals surface area (Å²) in [6.45, 7) is 1.87. The molecule has 4 aliphatic carbocycles. The lowest BCUT2D eigenvalue weighted by molar-refractivity contribution is -0.137. The molecule has 0 radical (unpaired) electrons. The normalized spacial score (nSPS) is 30.5. The third-order valence-electron chi connectivity index (χ3n) is 6.89. The average molecular weight is 428 g/mol. The summed E-state index contributed by atoms with van der Waals surface area (Å²) in [6.07, 6.45) is 4.41. The van der Waals surface area contributed by atoms with Crippen molar-refractivity contribution in [2.45, 2.75) is 82.5 Å². The molecule has 1 unspecified atom stereocenters. The summed E-state index contributed by atoms with van der Waals surface area (Å²) >= 11 is 0. The van der Waals surface area contributed by atoms with E-state index in [1.54, 1.807) is 0 Å². The van der Waals surface area contributed by atoms with Crippen LogP contribution >= 0.6 is 0 Å². The molecular weight excluding hydrogens is 395 g/mol.